The highest BCUT2D eigenvalue weighted by Crippen LogP contribution is 2.13. The molecule has 4 heteroatoms. The molecule has 0 atom stereocenters. The number of halogens is 1. The molecule has 0 unspecified atom stereocenters. The zero-order valence-corrected chi connectivity index (χ0v) is 15.1. The fourth-order valence-corrected chi connectivity index (χ4v) is 2.92. The lowest BCUT2D eigenvalue weighted by molar-refractivity contribution is -0.126. The summed E-state index contributed by atoms with van der Waals surface area (Å²) in [6, 6.07) is 15.8. The van der Waals surface area contributed by atoms with Crippen LogP contribution in [0.5, 0.6) is 0 Å². The van der Waals surface area contributed by atoms with Gasteiger partial charge in [-0.05, 0) is 36.8 Å². The number of piperazine rings is 1. The van der Waals surface area contributed by atoms with Gasteiger partial charge in [-0.2, -0.15) is 0 Å². The summed E-state index contributed by atoms with van der Waals surface area (Å²) in [5.74, 6) is 5.63. The Morgan fingerprint density at radius 3 is 2.28 bits per heavy atom. The van der Waals surface area contributed by atoms with Crippen molar-refractivity contribution in [3.05, 3.63) is 70.2 Å². The van der Waals surface area contributed by atoms with Crippen LogP contribution in [0.1, 0.15) is 16.7 Å². The molecule has 0 aromatic heterocycles. The molecule has 0 radical (unpaired) electrons. The number of hydrogen-bond donors (Lipinski definition) is 0. The van der Waals surface area contributed by atoms with Gasteiger partial charge in [0.05, 0.1) is 0 Å². The Hall–Kier alpha value is -2.28. The summed E-state index contributed by atoms with van der Waals surface area (Å²) in [5, 5.41) is 0.756. The van der Waals surface area contributed by atoms with Gasteiger partial charge in [-0.25, -0.2) is 0 Å². The van der Waals surface area contributed by atoms with Gasteiger partial charge in [0.1, 0.15) is 0 Å². The summed E-state index contributed by atoms with van der Waals surface area (Å²) in [5.41, 5.74) is 3.30. The molecule has 2 aromatic carbocycles. The van der Waals surface area contributed by atoms with E-state index in [0.29, 0.717) is 0 Å². The standard InChI is InChI=1S/C21H21ClN2O/c1-17-2-4-18(5-3-17)8-11-21(25)24-14-12-23(13-15-24)16-19-6-9-20(22)10-7-19/h2-7,9-10H,12-16H2,1H3. The first-order valence-electron chi connectivity index (χ1n) is 8.44. The minimum absolute atomic E-state index is 0.0910. The Bertz CT molecular complexity index is 779. The number of carbonyl (C=O) groups is 1. The third kappa shape index (κ3) is 5.09. The zero-order chi connectivity index (χ0) is 17.6. The van der Waals surface area contributed by atoms with Gasteiger partial charge in [-0.1, -0.05) is 47.4 Å². The van der Waals surface area contributed by atoms with Crippen LogP contribution < -0.4 is 0 Å². The quantitative estimate of drug-likeness (QED) is 0.774. The van der Waals surface area contributed by atoms with Gasteiger partial charge in [0.15, 0.2) is 0 Å². The normalized spacial score (nSPS) is 14.7. The van der Waals surface area contributed by atoms with Crippen molar-refractivity contribution in [2.45, 2.75) is 13.5 Å². The first-order valence-corrected chi connectivity index (χ1v) is 8.82. The third-order valence-corrected chi connectivity index (χ3v) is 4.60. The summed E-state index contributed by atoms with van der Waals surface area (Å²) >= 11 is 5.92. The van der Waals surface area contributed by atoms with Gasteiger partial charge in [0.2, 0.25) is 0 Å². The van der Waals surface area contributed by atoms with E-state index in [1.54, 1.807) is 0 Å². The van der Waals surface area contributed by atoms with Gasteiger partial charge in [0, 0.05) is 49.2 Å². The van der Waals surface area contributed by atoms with Gasteiger partial charge in [-0.15, -0.1) is 0 Å². The van der Waals surface area contributed by atoms with Crippen molar-refractivity contribution in [1.82, 2.24) is 9.80 Å². The van der Waals surface area contributed by atoms with Crippen LogP contribution >= 0.6 is 11.6 Å². The number of nitrogens with zero attached hydrogens (tertiary/aromatic N) is 2. The van der Waals surface area contributed by atoms with E-state index in [4.69, 9.17) is 11.6 Å². The Labute approximate surface area is 154 Å². The molecule has 0 spiro atoms. The van der Waals surface area contributed by atoms with Crippen molar-refractivity contribution in [1.29, 1.82) is 0 Å². The molecule has 2 aromatic rings. The van der Waals surface area contributed by atoms with E-state index in [-0.39, 0.29) is 5.91 Å². The molecule has 0 N–H and O–H groups in total. The van der Waals surface area contributed by atoms with Crippen LogP contribution in [0.4, 0.5) is 0 Å². The minimum atomic E-state index is -0.0910. The molecule has 25 heavy (non-hydrogen) atoms. The van der Waals surface area contributed by atoms with Crippen LogP contribution in [-0.4, -0.2) is 41.9 Å². The van der Waals surface area contributed by atoms with Crippen molar-refractivity contribution in [3.8, 4) is 11.8 Å². The summed E-state index contributed by atoms with van der Waals surface area (Å²) < 4.78 is 0. The Morgan fingerprint density at radius 1 is 1.00 bits per heavy atom. The molecule has 0 bridgehead atoms. The van der Waals surface area contributed by atoms with Crippen LogP contribution in [0.25, 0.3) is 0 Å². The van der Waals surface area contributed by atoms with Gasteiger partial charge in [-0.3, -0.25) is 9.69 Å². The molecular formula is C21H21ClN2O. The highest BCUT2D eigenvalue weighted by molar-refractivity contribution is 6.30. The Kier molecular flexibility index (Phi) is 5.75. The largest absolute Gasteiger partial charge is 0.329 e. The average molecular weight is 353 g/mol. The fraction of sp³-hybridized carbons (Fsp3) is 0.286. The molecule has 1 fully saturated rings. The van der Waals surface area contributed by atoms with Crippen LogP contribution in [0.15, 0.2) is 48.5 Å². The second-order valence-electron chi connectivity index (χ2n) is 6.31. The van der Waals surface area contributed by atoms with E-state index in [0.717, 1.165) is 43.3 Å². The molecule has 0 aliphatic carbocycles. The van der Waals surface area contributed by atoms with E-state index in [1.807, 2.05) is 60.4 Å². The van der Waals surface area contributed by atoms with E-state index in [9.17, 15) is 4.79 Å². The number of aryl methyl sites for hydroxylation is 1. The summed E-state index contributed by atoms with van der Waals surface area (Å²) in [6.45, 7) is 6.07. The molecule has 3 nitrogen and oxygen atoms in total. The zero-order valence-electron chi connectivity index (χ0n) is 14.3. The van der Waals surface area contributed by atoms with Crippen LogP contribution in [0, 0.1) is 18.8 Å². The SMILES string of the molecule is Cc1ccc(C#CC(=O)N2CCN(Cc3ccc(Cl)cc3)CC2)cc1. The Morgan fingerprint density at radius 2 is 1.64 bits per heavy atom. The van der Waals surface area contributed by atoms with Crippen molar-refractivity contribution in [2.75, 3.05) is 26.2 Å². The van der Waals surface area contributed by atoms with Gasteiger partial charge in [0.25, 0.3) is 5.91 Å². The third-order valence-electron chi connectivity index (χ3n) is 4.34. The molecule has 1 aliphatic rings. The summed E-state index contributed by atoms with van der Waals surface area (Å²) in [6.07, 6.45) is 0. The van der Waals surface area contributed by atoms with E-state index in [1.165, 1.54) is 11.1 Å². The number of rotatable bonds is 2. The van der Waals surface area contributed by atoms with Gasteiger partial charge < -0.3 is 4.90 Å². The predicted octanol–water partition coefficient (Wildman–Crippen LogP) is 3.34. The maximum atomic E-state index is 12.3. The maximum absolute atomic E-state index is 12.3. The maximum Gasteiger partial charge on any atom is 0.298 e. The summed E-state index contributed by atoms with van der Waals surface area (Å²) in [7, 11) is 0. The summed E-state index contributed by atoms with van der Waals surface area (Å²) in [4.78, 5) is 16.4. The minimum Gasteiger partial charge on any atom is -0.329 e. The monoisotopic (exact) mass is 352 g/mol. The molecule has 3 rings (SSSR count). The first kappa shape index (κ1) is 17.5. The average Bonchev–Trinajstić information content (AvgIpc) is 2.63. The van der Waals surface area contributed by atoms with E-state index in [2.05, 4.69) is 16.7 Å². The lowest BCUT2D eigenvalue weighted by Crippen LogP contribution is -2.47. The second-order valence-corrected chi connectivity index (χ2v) is 6.75. The second kappa shape index (κ2) is 8.20. The van der Waals surface area contributed by atoms with Crippen molar-refractivity contribution >= 4 is 17.5 Å². The lowest BCUT2D eigenvalue weighted by Gasteiger charge is -2.33. The highest BCUT2D eigenvalue weighted by atomic mass is 35.5. The molecule has 1 heterocycles. The van der Waals surface area contributed by atoms with Crippen LogP contribution in [0.3, 0.4) is 0 Å². The predicted molar refractivity (Wildman–Crippen MR) is 101 cm³/mol. The Balaban J connectivity index is 1.51. The topological polar surface area (TPSA) is 23.6 Å². The fourth-order valence-electron chi connectivity index (χ4n) is 2.80. The number of benzene rings is 2. The van der Waals surface area contributed by atoms with Crippen molar-refractivity contribution < 1.29 is 4.79 Å². The van der Waals surface area contributed by atoms with Gasteiger partial charge >= 0.3 is 0 Å². The number of carbonyl (C=O) groups excluding carboxylic acids is 1. The molecule has 1 saturated heterocycles. The smallest absolute Gasteiger partial charge is 0.298 e. The number of hydrogen-bond acceptors (Lipinski definition) is 2. The van der Waals surface area contributed by atoms with Crippen molar-refractivity contribution in [3.63, 3.8) is 0 Å². The lowest BCUT2D eigenvalue weighted by atomic mass is 10.1. The van der Waals surface area contributed by atoms with Crippen LogP contribution in [-0.2, 0) is 11.3 Å². The van der Waals surface area contributed by atoms with Crippen molar-refractivity contribution in [2.24, 2.45) is 0 Å². The van der Waals surface area contributed by atoms with E-state index < -0.39 is 0 Å². The molecular weight excluding hydrogens is 332 g/mol. The highest BCUT2D eigenvalue weighted by Gasteiger charge is 2.19. The number of amides is 1. The molecule has 0 saturated carbocycles. The first-order chi connectivity index (χ1) is 12.1. The van der Waals surface area contributed by atoms with E-state index >= 15 is 0 Å². The van der Waals surface area contributed by atoms with Crippen LogP contribution in [0.2, 0.25) is 5.02 Å². The molecule has 1 amide bonds. The molecule has 1 aliphatic heterocycles. The molecule has 128 valence electrons.